The molecule has 1 heterocycles. The maximum absolute atomic E-state index is 5.99. The van der Waals surface area contributed by atoms with Gasteiger partial charge >= 0.3 is 0 Å². The molecule has 1 aliphatic rings. The topological polar surface area (TPSA) is 30.5 Å². The van der Waals surface area contributed by atoms with E-state index in [2.05, 4.69) is 44.3 Å². The summed E-state index contributed by atoms with van der Waals surface area (Å²) < 4.78 is 11.9. The highest BCUT2D eigenvalue weighted by Gasteiger charge is 2.27. The van der Waals surface area contributed by atoms with Crippen LogP contribution in [0.3, 0.4) is 0 Å². The molecule has 1 aromatic carbocycles. The number of nitrogens with one attached hydrogen (secondary N) is 1. The molecule has 2 atom stereocenters. The van der Waals surface area contributed by atoms with Crippen molar-refractivity contribution < 1.29 is 9.47 Å². The summed E-state index contributed by atoms with van der Waals surface area (Å²) >= 11 is 0. The average Bonchev–Trinajstić information content (AvgIpc) is 2.93. The number of hydrogen-bond donors (Lipinski definition) is 1. The molecule has 0 amide bonds. The lowest BCUT2D eigenvalue weighted by Gasteiger charge is -2.29. The second kappa shape index (κ2) is 7.65. The lowest BCUT2D eigenvalue weighted by molar-refractivity contribution is 0.0274. The Labute approximate surface area is 122 Å². The summed E-state index contributed by atoms with van der Waals surface area (Å²) in [5.41, 5.74) is 2.59. The van der Waals surface area contributed by atoms with Crippen LogP contribution >= 0.6 is 0 Å². The molecule has 0 radical (unpaired) electrons. The van der Waals surface area contributed by atoms with E-state index in [-0.39, 0.29) is 12.1 Å². The standard InChI is InChI=1S/C17H27NO2/c1-4-8-15(19-6-3)16(18-5-2)14-10-7-9-13-11-12-20-17(13)14/h7,9-10,15-16,18H,4-6,8,11-12H2,1-3H3. The van der Waals surface area contributed by atoms with E-state index in [9.17, 15) is 0 Å². The predicted molar refractivity (Wildman–Crippen MR) is 82.4 cm³/mol. The lowest BCUT2D eigenvalue weighted by Crippen LogP contribution is -2.34. The van der Waals surface area contributed by atoms with Crippen molar-refractivity contribution in [1.82, 2.24) is 5.32 Å². The zero-order valence-corrected chi connectivity index (χ0v) is 12.9. The van der Waals surface area contributed by atoms with E-state index in [1.165, 1.54) is 11.1 Å². The minimum atomic E-state index is 0.209. The second-order valence-corrected chi connectivity index (χ2v) is 5.25. The molecule has 1 aromatic rings. The first kappa shape index (κ1) is 15.3. The summed E-state index contributed by atoms with van der Waals surface area (Å²) in [5, 5.41) is 3.59. The molecule has 1 aliphatic heterocycles. The van der Waals surface area contributed by atoms with Gasteiger partial charge in [-0.05, 0) is 25.5 Å². The van der Waals surface area contributed by atoms with Crippen LogP contribution in [0.15, 0.2) is 18.2 Å². The first-order chi connectivity index (χ1) is 9.81. The summed E-state index contributed by atoms with van der Waals surface area (Å²) in [6.45, 7) is 8.91. The van der Waals surface area contributed by atoms with Crippen molar-refractivity contribution in [2.45, 2.75) is 52.2 Å². The molecule has 3 heteroatoms. The van der Waals surface area contributed by atoms with Crippen LogP contribution in [0.2, 0.25) is 0 Å². The van der Waals surface area contributed by atoms with Crippen molar-refractivity contribution >= 4 is 0 Å². The van der Waals surface area contributed by atoms with E-state index < -0.39 is 0 Å². The van der Waals surface area contributed by atoms with Gasteiger partial charge in [-0.3, -0.25) is 0 Å². The molecule has 0 spiro atoms. The Balaban J connectivity index is 2.29. The molecule has 0 saturated carbocycles. The maximum atomic E-state index is 5.99. The van der Waals surface area contributed by atoms with Gasteiger partial charge in [0.05, 0.1) is 18.8 Å². The molecule has 0 bridgehead atoms. The molecular weight excluding hydrogens is 250 g/mol. The third kappa shape index (κ3) is 3.33. The highest BCUT2D eigenvalue weighted by Crippen LogP contribution is 2.36. The molecule has 3 nitrogen and oxygen atoms in total. The van der Waals surface area contributed by atoms with Gasteiger partial charge in [-0.2, -0.15) is 0 Å². The monoisotopic (exact) mass is 277 g/mol. The van der Waals surface area contributed by atoms with E-state index in [0.29, 0.717) is 0 Å². The lowest BCUT2D eigenvalue weighted by atomic mass is 9.95. The van der Waals surface area contributed by atoms with Crippen LogP contribution in [-0.4, -0.2) is 25.9 Å². The summed E-state index contributed by atoms with van der Waals surface area (Å²) in [7, 11) is 0. The molecule has 20 heavy (non-hydrogen) atoms. The van der Waals surface area contributed by atoms with Crippen LogP contribution in [0.25, 0.3) is 0 Å². The maximum Gasteiger partial charge on any atom is 0.127 e. The van der Waals surface area contributed by atoms with Gasteiger partial charge in [0.15, 0.2) is 0 Å². The molecule has 0 saturated heterocycles. The van der Waals surface area contributed by atoms with Crippen molar-refractivity contribution in [3.63, 3.8) is 0 Å². The van der Waals surface area contributed by atoms with Crippen LogP contribution in [-0.2, 0) is 11.2 Å². The summed E-state index contributed by atoms with van der Waals surface area (Å²) in [6, 6.07) is 6.71. The Bertz CT molecular complexity index is 413. The Morgan fingerprint density at radius 3 is 2.85 bits per heavy atom. The number of likely N-dealkylation sites (N-methyl/N-ethyl adjacent to an activating group) is 1. The zero-order chi connectivity index (χ0) is 14.4. The Morgan fingerprint density at radius 1 is 1.30 bits per heavy atom. The van der Waals surface area contributed by atoms with Gasteiger partial charge < -0.3 is 14.8 Å². The molecule has 0 aromatic heterocycles. The fraction of sp³-hybridized carbons (Fsp3) is 0.647. The fourth-order valence-corrected chi connectivity index (χ4v) is 2.99. The number of ether oxygens (including phenoxy) is 2. The van der Waals surface area contributed by atoms with Crippen LogP contribution < -0.4 is 10.1 Å². The Morgan fingerprint density at radius 2 is 2.15 bits per heavy atom. The van der Waals surface area contributed by atoms with Crippen LogP contribution in [0.4, 0.5) is 0 Å². The van der Waals surface area contributed by atoms with Crippen LogP contribution in [0.1, 0.15) is 50.8 Å². The van der Waals surface area contributed by atoms with E-state index >= 15 is 0 Å². The largest absolute Gasteiger partial charge is 0.493 e. The Kier molecular flexibility index (Phi) is 5.86. The van der Waals surface area contributed by atoms with Gasteiger partial charge in [0.25, 0.3) is 0 Å². The number of rotatable bonds is 8. The van der Waals surface area contributed by atoms with E-state index in [4.69, 9.17) is 9.47 Å². The smallest absolute Gasteiger partial charge is 0.127 e. The van der Waals surface area contributed by atoms with Gasteiger partial charge in [-0.25, -0.2) is 0 Å². The average molecular weight is 277 g/mol. The van der Waals surface area contributed by atoms with Gasteiger partial charge in [0.1, 0.15) is 5.75 Å². The van der Waals surface area contributed by atoms with E-state index in [1.807, 2.05) is 0 Å². The van der Waals surface area contributed by atoms with Crippen molar-refractivity contribution in [2.75, 3.05) is 19.8 Å². The van der Waals surface area contributed by atoms with E-state index in [0.717, 1.165) is 44.8 Å². The highest BCUT2D eigenvalue weighted by atomic mass is 16.5. The first-order valence-corrected chi connectivity index (χ1v) is 7.91. The third-order valence-electron chi connectivity index (χ3n) is 3.83. The number of benzene rings is 1. The summed E-state index contributed by atoms with van der Waals surface area (Å²) in [5.74, 6) is 1.08. The second-order valence-electron chi connectivity index (χ2n) is 5.25. The number of para-hydroxylation sites is 1. The number of hydrogen-bond acceptors (Lipinski definition) is 3. The SMILES string of the molecule is CCCC(OCC)C(NCC)c1cccc2c1OCC2. The molecule has 2 rings (SSSR count). The molecule has 0 aliphatic carbocycles. The molecule has 2 unspecified atom stereocenters. The van der Waals surface area contributed by atoms with Crippen molar-refractivity contribution in [1.29, 1.82) is 0 Å². The summed E-state index contributed by atoms with van der Waals surface area (Å²) in [4.78, 5) is 0. The van der Waals surface area contributed by atoms with E-state index in [1.54, 1.807) is 0 Å². The fourth-order valence-electron chi connectivity index (χ4n) is 2.99. The quantitative estimate of drug-likeness (QED) is 0.789. The first-order valence-electron chi connectivity index (χ1n) is 7.91. The van der Waals surface area contributed by atoms with Crippen LogP contribution in [0.5, 0.6) is 5.75 Å². The summed E-state index contributed by atoms with van der Waals surface area (Å²) in [6.07, 6.45) is 3.42. The van der Waals surface area contributed by atoms with Gasteiger partial charge in [0, 0.05) is 18.6 Å². The molecule has 0 fully saturated rings. The minimum absolute atomic E-state index is 0.209. The van der Waals surface area contributed by atoms with Crippen molar-refractivity contribution in [2.24, 2.45) is 0 Å². The molecular formula is C17H27NO2. The van der Waals surface area contributed by atoms with Gasteiger partial charge in [0.2, 0.25) is 0 Å². The van der Waals surface area contributed by atoms with Gasteiger partial charge in [-0.15, -0.1) is 0 Å². The molecule has 1 N–H and O–H groups in total. The van der Waals surface area contributed by atoms with Crippen molar-refractivity contribution in [3.8, 4) is 5.75 Å². The minimum Gasteiger partial charge on any atom is -0.493 e. The molecule has 112 valence electrons. The predicted octanol–water partition coefficient (Wildman–Crippen LogP) is 3.48. The third-order valence-corrected chi connectivity index (χ3v) is 3.83. The number of fused-ring (bicyclic) bond motifs is 1. The Hall–Kier alpha value is -1.06. The van der Waals surface area contributed by atoms with Gasteiger partial charge in [-0.1, -0.05) is 38.5 Å². The van der Waals surface area contributed by atoms with Crippen LogP contribution in [0, 0.1) is 0 Å². The normalized spacial score (nSPS) is 16.6. The van der Waals surface area contributed by atoms with Crippen molar-refractivity contribution in [3.05, 3.63) is 29.3 Å². The zero-order valence-electron chi connectivity index (χ0n) is 12.9. The highest BCUT2D eigenvalue weighted by molar-refractivity contribution is 5.46.